The molecule has 0 aromatic heterocycles. The fourth-order valence-corrected chi connectivity index (χ4v) is 5.21. The van der Waals surface area contributed by atoms with Crippen LogP contribution in [-0.2, 0) is 16.6 Å². The molecule has 1 heterocycles. The van der Waals surface area contributed by atoms with Gasteiger partial charge in [0.15, 0.2) is 0 Å². The van der Waals surface area contributed by atoms with Gasteiger partial charge in [-0.15, -0.1) is 0 Å². The summed E-state index contributed by atoms with van der Waals surface area (Å²) < 4.78 is 27.6. The van der Waals surface area contributed by atoms with Gasteiger partial charge in [-0.05, 0) is 24.5 Å². The van der Waals surface area contributed by atoms with Crippen molar-refractivity contribution >= 4 is 10.0 Å². The zero-order valence-electron chi connectivity index (χ0n) is 14.1. The highest BCUT2D eigenvalue weighted by molar-refractivity contribution is 7.93. The van der Waals surface area contributed by atoms with E-state index in [0.717, 1.165) is 26.1 Å². The molecule has 2 aliphatic rings. The molecule has 0 bridgehead atoms. The second-order valence-electron chi connectivity index (χ2n) is 6.31. The number of allylic oxidation sites excluding steroid dienone is 4. The Bertz CT molecular complexity index is 710. The quantitative estimate of drug-likeness (QED) is 0.796. The van der Waals surface area contributed by atoms with E-state index in [9.17, 15) is 8.42 Å². The van der Waals surface area contributed by atoms with E-state index in [1.54, 1.807) is 16.8 Å². The number of rotatable bonds is 6. The molecule has 129 valence electrons. The van der Waals surface area contributed by atoms with Crippen LogP contribution in [-0.4, -0.2) is 43.3 Å². The maximum atomic E-state index is 12.9. The van der Waals surface area contributed by atoms with Gasteiger partial charge in [0, 0.05) is 38.6 Å². The SMILES string of the molecule is CCN(C1CCN(Cc2ccccc2)C1)S(=O)(=O)C1=CC=CC[CH]1. The van der Waals surface area contributed by atoms with Crippen LogP contribution in [0.25, 0.3) is 0 Å². The van der Waals surface area contributed by atoms with Gasteiger partial charge in [-0.2, -0.15) is 4.31 Å². The summed E-state index contributed by atoms with van der Waals surface area (Å²) in [5.41, 5.74) is 1.28. The van der Waals surface area contributed by atoms with Crippen LogP contribution in [0.2, 0.25) is 0 Å². The summed E-state index contributed by atoms with van der Waals surface area (Å²) in [7, 11) is -3.39. The second kappa shape index (κ2) is 7.64. The first-order chi connectivity index (χ1) is 11.6. The molecule has 1 atom stereocenters. The Balaban J connectivity index is 1.68. The summed E-state index contributed by atoms with van der Waals surface area (Å²) in [5, 5.41) is 0. The number of benzene rings is 1. The van der Waals surface area contributed by atoms with Crippen molar-refractivity contribution in [3.05, 3.63) is 65.4 Å². The van der Waals surface area contributed by atoms with E-state index < -0.39 is 10.0 Å². The van der Waals surface area contributed by atoms with E-state index >= 15 is 0 Å². The number of sulfonamides is 1. The van der Waals surface area contributed by atoms with Crippen LogP contribution in [0.5, 0.6) is 0 Å². The van der Waals surface area contributed by atoms with Crippen molar-refractivity contribution in [3.63, 3.8) is 0 Å². The average molecular weight is 345 g/mol. The lowest BCUT2D eigenvalue weighted by molar-refractivity contribution is 0.287. The molecular formula is C19H25N2O2S. The molecule has 0 spiro atoms. The fourth-order valence-electron chi connectivity index (χ4n) is 3.48. The van der Waals surface area contributed by atoms with E-state index in [4.69, 9.17) is 0 Å². The van der Waals surface area contributed by atoms with Gasteiger partial charge >= 0.3 is 0 Å². The van der Waals surface area contributed by atoms with Gasteiger partial charge in [0.05, 0.1) is 4.91 Å². The van der Waals surface area contributed by atoms with E-state index in [0.29, 0.717) is 17.9 Å². The summed E-state index contributed by atoms with van der Waals surface area (Å²) in [6, 6.07) is 10.4. The Kier molecular flexibility index (Phi) is 5.54. The maximum Gasteiger partial charge on any atom is 0.239 e. The van der Waals surface area contributed by atoms with Crippen LogP contribution in [0, 0.1) is 6.42 Å². The van der Waals surface area contributed by atoms with E-state index in [1.807, 2.05) is 37.3 Å². The fraction of sp³-hybridized carbons (Fsp3) is 0.421. The minimum Gasteiger partial charge on any atom is -0.297 e. The van der Waals surface area contributed by atoms with Crippen molar-refractivity contribution in [2.75, 3.05) is 19.6 Å². The molecule has 1 aromatic carbocycles. The van der Waals surface area contributed by atoms with Crippen LogP contribution in [0.3, 0.4) is 0 Å². The van der Waals surface area contributed by atoms with Crippen molar-refractivity contribution in [1.29, 1.82) is 0 Å². The van der Waals surface area contributed by atoms with Gasteiger partial charge in [-0.25, -0.2) is 8.42 Å². The van der Waals surface area contributed by atoms with Gasteiger partial charge in [-0.1, -0.05) is 49.4 Å². The predicted molar refractivity (Wildman–Crippen MR) is 97.6 cm³/mol. The van der Waals surface area contributed by atoms with Gasteiger partial charge in [0.25, 0.3) is 0 Å². The van der Waals surface area contributed by atoms with Gasteiger partial charge in [0.1, 0.15) is 0 Å². The summed E-state index contributed by atoms with van der Waals surface area (Å²) in [5.74, 6) is 0. The molecule has 4 nitrogen and oxygen atoms in total. The van der Waals surface area contributed by atoms with Gasteiger partial charge in [0.2, 0.25) is 10.0 Å². The van der Waals surface area contributed by atoms with Crippen molar-refractivity contribution in [2.24, 2.45) is 0 Å². The zero-order valence-corrected chi connectivity index (χ0v) is 15.0. The summed E-state index contributed by atoms with van der Waals surface area (Å²) in [6.45, 7) is 5.06. The van der Waals surface area contributed by atoms with Crippen molar-refractivity contribution in [2.45, 2.75) is 32.4 Å². The molecule has 1 aromatic rings. The topological polar surface area (TPSA) is 40.6 Å². The first kappa shape index (κ1) is 17.4. The van der Waals surface area contributed by atoms with Crippen molar-refractivity contribution in [1.82, 2.24) is 9.21 Å². The Morgan fingerprint density at radius 1 is 1.25 bits per heavy atom. The zero-order chi connectivity index (χ0) is 17.0. The van der Waals surface area contributed by atoms with E-state index in [1.165, 1.54) is 5.56 Å². The van der Waals surface area contributed by atoms with E-state index in [2.05, 4.69) is 17.0 Å². The molecule has 1 aliphatic carbocycles. The second-order valence-corrected chi connectivity index (χ2v) is 8.20. The smallest absolute Gasteiger partial charge is 0.239 e. The Morgan fingerprint density at radius 3 is 2.71 bits per heavy atom. The third-order valence-electron chi connectivity index (χ3n) is 4.67. The largest absolute Gasteiger partial charge is 0.297 e. The third-order valence-corrected chi connectivity index (χ3v) is 6.75. The van der Waals surface area contributed by atoms with Crippen LogP contribution in [0.4, 0.5) is 0 Å². The lowest BCUT2D eigenvalue weighted by atomic mass is 10.2. The molecule has 1 saturated heterocycles. The number of hydrogen-bond acceptors (Lipinski definition) is 3. The molecule has 1 unspecified atom stereocenters. The van der Waals surface area contributed by atoms with Crippen LogP contribution in [0.15, 0.2) is 53.5 Å². The highest BCUT2D eigenvalue weighted by Gasteiger charge is 2.35. The van der Waals surface area contributed by atoms with Crippen molar-refractivity contribution in [3.8, 4) is 0 Å². The lowest BCUT2D eigenvalue weighted by Gasteiger charge is -2.28. The number of hydrogen-bond donors (Lipinski definition) is 0. The Labute approximate surface area is 145 Å². The molecule has 0 N–H and O–H groups in total. The monoisotopic (exact) mass is 345 g/mol. The van der Waals surface area contributed by atoms with Crippen LogP contribution in [0.1, 0.15) is 25.3 Å². The predicted octanol–water partition coefficient (Wildman–Crippen LogP) is 2.96. The first-order valence-corrected chi connectivity index (χ1v) is 10.0. The maximum absolute atomic E-state index is 12.9. The van der Waals surface area contributed by atoms with Crippen LogP contribution < -0.4 is 0 Å². The standard InChI is InChI=1S/C19H25N2O2S/c1-2-21(24(22,23)19-11-7-4-8-12-19)18-13-14-20(16-18)15-17-9-5-3-6-10-17/h3-7,9-12,18H,2,8,13-16H2,1H3. The molecule has 3 rings (SSSR count). The minimum absolute atomic E-state index is 0.0592. The number of likely N-dealkylation sites (N-methyl/N-ethyl adjacent to an activating group) is 1. The highest BCUT2D eigenvalue weighted by Crippen LogP contribution is 2.26. The summed E-state index contributed by atoms with van der Waals surface area (Å²) in [4.78, 5) is 2.78. The lowest BCUT2D eigenvalue weighted by Crippen LogP contribution is -2.42. The van der Waals surface area contributed by atoms with Crippen LogP contribution >= 0.6 is 0 Å². The number of nitrogens with zero attached hydrogens (tertiary/aromatic N) is 2. The average Bonchev–Trinajstić information content (AvgIpc) is 3.05. The molecule has 0 amide bonds. The normalized spacial score (nSPS) is 22.1. The molecule has 24 heavy (non-hydrogen) atoms. The molecule has 1 fully saturated rings. The minimum atomic E-state index is -3.39. The molecular weight excluding hydrogens is 320 g/mol. The molecule has 1 aliphatic heterocycles. The molecule has 0 saturated carbocycles. The Morgan fingerprint density at radius 2 is 2.04 bits per heavy atom. The van der Waals surface area contributed by atoms with Gasteiger partial charge in [-0.3, -0.25) is 4.90 Å². The summed E-state index contributed by atoms with van der Waals surface area (Å²) >= 11 is 0. The van der Waals surface area contributed by atoms with Gasteiger partial charge < -0.3 is 0 Å². The van der Waals surface area contributed by atoms with E-state index in [-0.39, 0.29) is 6.04 Å². The van der Waals surface area contributed by atoms with Crippen molar-refractivity contribution < 1.29 is 8.42 Å². The highest BCUT2D eigenvalue weighted by atomic mass is 32.2. The number of likely N-dealkylation sites (tertiary alicyclic amines) is 1. The Hall–Kier alpha value is -1.43. The molecule has 1 radical (unpaired) electrons. The summed E-state index contributed by atoms with van der Waals surface area (Å²) in [6.07, 6.45) is 8.88. The third kappa shape index (κ3) is 3.79. The molecule has 5 heteroatoms. The first-order valence-electron chi connectivity index (χ1n) is 8.59.